The maximum absolute atomic E-state index is 11.4. The number of carbonyl (C=O) groups is 1. The van der Waals surface area contributed by atoms with Gasteiger partial charge in [0, 0.05) is 31.5 Å². The van der Waals surface area contributed by atoms with E-state index in [0.29, 0.717) is 6.42 Å². The van der Waals surface area contributed by atoms with Gasteiger partial charge in [0.25, 0.3) is 0 Å². The lowest BCUT2D eigenvalue weighted by Crippen LogP contribution is -2.44. The summed E-state index contributed by atoms with van der Waals surface area (Å²) in [4.78, 5) is 13.8. The van der Waals surface area contributed by atoms with Crippen molar-refractivity contribution >= 4 is 5.78 Å². The molecule has 1 spiro atoms. The molecule has 3 rings (SSSR count). The number of carbonyl (C=O) groups excluding carboxylic acids is 1. The third kappa shape index (κ3) is 3.09. The topological polar surface area (TPSA) is 38.8 Å². The molecular formula is C19H27NO3. The summed E-state index contributed by atoms with van der Waals surface area (Å²) in [5.74, 6) is 1.89. The number of ketones is 1. The Hall–Kier alpha value is -1.55. The molecule has 1 saturated carbocycles. The molecule has 1 aliphatic carbocycles. The van der Waals surface area contributed by atoms with Crippen LogP contribution in [0.2, 0.25) is 0 Å². The first kappa shape index (κ1) is 16.3. The Morgan fingerprint density at radius 3 is 2.43 bits per heavy atom. The molecule has 4 nitrogen and oxygen atoms in total. The number of methoxy groups -OCH3 is 2. The van der Waals surface area contributed by atoms with Crippen molar-refractivity contribution < 1.29 is 14.3 Å². The monoisotopic (exact) mass is 317 g/mol. The standard InChI is InChI=1S/C19H27NO3/c1-14(21)6-9-20-12-15-10-17(22-2)18(23-3)11-16(15)19(13-20)7-4-5-8-19/h10-11H,4-9,12-13H2,1-3H3. The first-order valence-corrected chi connectivity index (χ1v) is 8.55. The van der Waals surface area contributed by atoms with Gasteiger partial charge in [-0.15, -0.1) is 0 Å². The molecule has 1 aliphatic heterocycles. The summed E-state index contributed by atoms with van der Waals surface area (Å²) in [6.07, 6.45) is 5.67. The molecule has 1 aromatic carbocycles. The largest absolute Gasteiger partial charge is 0.493 e. The van der Waals surface area contributed by atoms with Crippen molar-refractivity contribution in [3.05, 3.63) is 23.3 Å². The summed E-state index contributed by atoms with van der Waals surface area (Å²) < 4.78 is 11.0. The second-order valence-electron chi connectivity index (χ2n) is 7.01. The molecule has 0 atom stereocenters. The van der Waals surface area contributed by atoms with Crippen molar-refractivity contribution in [3.8, 4) is 11.5 Å². The zero-order valence-electron chi connectivity index (χ0n) is 14.5. The van der Waals surface area contributed by atoms with Gasteiger partial charge in [-0.3, -0.25) is 9.69 Å². The van der Waals surface area contributed by atoms with Crippen molar-refractivity contribution in [3.63, 3.8) is 0 Å². The van der Waals surface area contributed by atoms with E-state index in [0.717, 1.165) is 31.1 Å². The van der Waals surface area contributed by atoms with Crippen LogP contribution in [0.5, 0.6) is 11.5 Å². The molecule has 0 aromatic heterocycles. The molecule has 1 fully saturated rings. The highest BCUT2D eigenvalue weighted by atomic mass is 16.5. The van der Waals surface area contributed by atoms with Crippen molar-refractivity contribution in [1.29, 1.82) is 0 Å². The van der Waals surface area contributed by atoms with Gasteiger partial charge in [0.05, 0.1) is 14.2 Å². The predicted octanol–water partition coefficient (Wildman–Crippen LogP) is 3.31. The van der Waals surface area contributed by atoms with Crippen LogP contribution in [-0.2, 0) is 16.8 Å². The molecule has 23 heavy (non-hydrogen) atoms. The molecule has 1 aromatic rings. The fraction of sp³-hybridized carbons (Fsp3) is 0.632. The molecule has 0 bridgehead atoms. The Morgan fingerprint density at radius 1 is 1.17 bits per heavy atom. The van der Waals surface area contributed by atoms with Gasteiger partial charge in [0.15, 0.2) is 11.5 Å². The fourth-order valence-corrected chi connectivity index (χ4v) is 4.31. The predicted molar refractivity (Wildman–Crippen MR) is 90.3 cm³/mol. The van der Waals surface area contributed by atoms with Crippen molar-refractivity contribution in [1.82, 2.24) is 4.90 Å². The first-order chi connectivity index (χ1) is 11.1. The summed E-state index contributed by atoms with van der Waals surface area (Å²) >= 11 is 0. The Kier molecular flexibility index (Phi) is 4.62. The van der Waals surface area contributed by atoms with Gasteiger partial charge in [0.1, 0.15) is 5.78 Å². The lowest BCUT2D eigenvalue weighted by molar-refractivity contribution is -0.117. The number of Topliss-reactive ketones (excluding diaryl/α,β-unsaturated/α-hetero) is 1. The number of nitrogens with zero attached hydrogens (tertiary/aromatic N) is 1. The van der Waals surface area contributed by atoms with E-state index in [1.807, 2.05) is 0 Å². The Labute approximate surface area is 138 Å². The van der Waals surface area contributed by atoms with E-state index >= 15 is 0 Å². The number of fused-ring (bicyclic) bond motifs is 2. The SMILES string of the molecule is COc1cc2c(cc1OC)C1(CCCC1)CN(CCC(C)=O)C2. The molecular weight excluding hydrogens is 290 g/mol. The third-order valence-corrected chi connectivity index (χ3v) is 5.44. The maximum atomic E-state index is 11.4. The quantitative estimate of drug-likeness (QED) is 0.835. The minimum absolute atomic E-state index is 0.226. The minimum Gasteiger partial charge on any atom is -0.493 e. The number of benzene rings is 1. The molecule has 1 heterocycles. The van der Waals surface area contributed by atoms with E-state index in [4.69, 9.17) is 9.47 Å². The van der Waals surface area contributed by atoms with Crippen molar-refractivity contribution in [2.24, 2.45) is 0 Å². The lowest BCUT2D eigenvalue weighted by atomic mass is 9.73. The average molecular weight is 317 g/mol. The Morgan fingerprint density at radius 2 is 1.83 bits per heavy atom. The Bertz CT molecular complexity index is 591. The number of hydrogen-bond donors (Lipinski definition) is 0. The highest BCUT2D eigenvalue weighted by molar-refractivity contribution is 5.75. The van der Waals surface area contributed by atoms with Gasteiger partial charge in [-0.1, -0.05) is 12.8 Å². The number of hydrogen-bond acceptors (Lipinski definition) is 4. The van der Waals surface area contributed by atoms with E-state index in [1.165, 1.54) is 36.8 Å². The van der Waals surface area contributed by atoms with Crippen LogP contribution in [0.4, 0.5) is 0 Å². The van der Waals surface area contributed by atoms with Crippen LogP contribution in [0.1, 0.15) is 50.2 Å². The summed E-state index contributed by atoms with van der Waals surface area (Å²) in [6, 6.07) is 4.33. The first-order valence-electron chi connectivity index (χ1n) is 8.55. The van der Waals surface area contributed by atoms with Crippen LogP contribution in [-0.4, -0.2) is 38.0 Å². The number of rotatable bonds is 5. The van der Waals surface area contributed by atoms with E-state index in [1.54, 1.807) is 21.1 Å². The smallest absolute Gasteiger partial charge is 0.161 e. The van der Waals surface area contributed by atoms with Gasteiger partial charge >= 0.3 is 0 Å². The van der Waals surface area contributed by atoms with Gasteiger partial charge < -0.3 is 9.47 Å². The van der Waals surface area contributed by atoms with E-state index < -0.39 is 0 Å². The zero-order chi connectivity index (χ0) is 16.4. The highest BCUT2D eigenvalue weighted by Crippen LogP contribution is 2.48. The average Bonchev–Trinajstić information content (AvgIpc) is 3.00. The van der Waals surface area contributed by atoms with Crippen LogP contribution in [0, 0.1) is 0 Å². The normalized spacial score (nSPS) is 19.6. The molecule has 0 amide bonds. The number of ether oxygens (including phenoxy) is 2. The molecule has 2 aliphatic rings. The van der Waals surface area contributed by atoms with Crippen LogP contribution in [0.3, 0.4) is 0 Å². The summed E-state index contributed by atoms with van der Waals surface area (Å²) in [7, 11) is 3.39. The van der Waals surface area contributed by atoms with Crippen LogP contribution in [0.15, 0.2) is 12.1 Å². The second-order valence-corrected chi connectivity index (χ2v) is 7.01. The van der Waals surface area contributed by atoms with Gasteiger partial charge in [-0.25, -0.2) is 0 Å². The van der Waals surface area contributed by atoms with Crippen LogP contribution < -0.4 is 9.47 Å². The maximum Gasteiger partial charge on any atom is 0.161 e. The highest BCUT2D eigenvalue weighted by Gasteiger charge is 2.42. The van der Waals surface area contributed by atoms with E-state index in [9.17, 15) is 4.79 Å². The molecule has 0 radical (unpaired) electrons. The Balaban J connectivity index is 1.97. The van der Waals surface area contributed by atoms with E-state index in [-0.39, 0.29) is 11.2 Å². The summed E-state index contributed by atoms with van der Waals surface area (Å²) in [5.41, 5.74) is 3.00. The van der Waals surface area contributed by atoms with Crippen molar-refractivity contribution in [2.45, 2.75) is 51.0 Å². The van der Waals surface area contributed by atoms with Crippen molar-refractivity contribution in [2.75, 3.05) is 27.3 Å². The molecule has 0 N–H and O–H groups in total. The van der Waals surface area contributed by atoms with Crippen LogP contribution >= 0.6 is 0 Å². The molecule has 0 unspecified atom stereocenters. The second kappa shape index (κ2) is 6.52. The molecule has 126 valence electrons. The van der Waals surface area contributed by atoms with Crippen LogP contribution in [0.25, 0.3) is 0 Å². The third-order valence-electron chi connectivity index (χ3n) is 5.44. The zero-order valence-corrected chi connectivity index (χ0v) is 14.5. The lowest BCUT2D eigenvalue weighted by Gasteiger charge is -2.42. The van der Waals surface area contributed by atoms with Gasteiger partial charge in [-0.05, 0) is 43.0 Å². The van der Waals surface area contributed by atoms with Gasteiger partial charge in [-0.2, -0.15) is 0 Å². The summed E-state index contributed by atoms with van der Waals surface area (Å²) in [6.45, 7) is 4.48. The minimum atomic E-state index is 0.226. The molecule has 4 heteroatoms. The van der Waals surface area contributed by atoms with E-state index in [2.05, 4.69) is 17.0 Å². The molecule has 0 saturated heterocycles. The van der Waals surface area contributed by atoms with Gasteiger partial charge in [0.2, 0.25) is 0 Å². The fourth-order valence-electron chi connectivity index (χ4n) is 4.31. The summed E-state index contributed by atoms with van der Waals surface area (Å²) in [5, 5.41) is 0.